The van der Waals surface area contributed by atoms with Gasteiger partial charge < -0.3 is 15.4 Å². The van der Waals surface area contributed by atoms with Crippen molar-refractivity contribution in [3.8, 4) is 5.75 Å². The Hall–Kier alpha value is -3.03. The van der Waals surface area contributed by atoms with Crippen molar-refractivity contribution in [3.05, 3.63) is 47.8 Å². The molecule has 4 aliphatic rings. The van der Waals surface area contributed by atoms with Crippen molar-refractivity contribution in [2.24, 2.45) is 11.8 Å². The van der Waals surface area contributed by atoms with Crippen LogP contribution in [0.3, 0.4) is 0 Å². The number of nitrogens with zero attached hydrogens (tertiary/aromatic N) is 3. The van der Waals surface area contributed by atoms with Crippen LogP contribution in [0.25, 0.3) is 0 Å². The maximum absolute atomic E-state index is 13.0. The predicted molar refractivity (Wildman–Crippen MR) is 113 cm³/mol. The monoisotopic (exact) mass is 421 g/mol. The first-order valence-electron chi connectivity index (χ1n) is 10.8. The van der Waals surface area contributed by atoms with Crippen molar-refractivity contribution < 1.29 is 14.3 Å². The smallest absolute Gasteiger partial charge is 0.271 e. The first kappa shape index (κ1) is 19.9. The largest absolute Gasteiger partial charge is 0.497 e. The fourth-order valence-corrected chi connectivity index (χ4v) is 6.40. The molecule has 2 aromatic rings. The fraction of sp³-hybridized carbons (Fsp3) is 0.522. The molecule has 8 heteroatoms. The van der Waals surface area contributed by atoms with Crippen LogP contribution in [0.5, 0.6) is 5.75 Å². The van der Waals surface area contributed by atoms with Crippen molar-refractivity contribution in [2.45, 2.75) is 56.5 Å². The third-order valence-corrected chi connectivity index (χ3v) is 7.01. The van der Waals surface area contributed by atoms with Crippen molar-refractivity contribution in [1.82, 2.24) is 25.6 Å². The van der Waals surface area contributed by atoms with E-state index < -0.39 is 0 Å². The molecule has 0 aliphatic heterocycles. The Balaban J connectivity index is 1.37. The molecular formula is C23H27N5O3. The molecule has 4 fully saturated rings. The molecule has 4 bridgehead atoms. The first-order chi connectivity index (χ1) is 14.9. The van der Waals surface area contributed by atoms with Crippen LogP contribution < -0.4 is 15.4 Å². The second-order valence-corrected chi connectivity index (χ2v) is 9.56. The van der Waals surface area contributed by atoms with Crippen LogP contribution in [0.2, 0.25) is 0 Å². The van der Waals surface area contributed by atoms with E-state index in [1.165, 1.54) is 6.20 Å². The third kappa shape index (κ3) is 3.75. The van der Waals surface area contributed by atoms with Gasteiger partial charge in [0.15, 0.2) is 0 Å². The average Bonchev–Trinajstić information content (AvgIpc) is 2.72. The summed E-state index contributed by atoms with van der Waals surface area (Å²) in [5.41, 5.74) is 0.768. The zero-order valence-electron chi connectivity index (χ0n) is 17.9. The lowest BCUT2D eigenvalue weighted by molar-refractivity contribution is -0.0449. The lowest BCUT2D eigenvalue weighted by atomic mass is 9.49. The molecule has 2 N–H and O–H groups in total. The van der Waals surface area contributed by atoms with Gasteiger partial charge in [-0.15, -0.1) is 0 Å². The number of nitrogens with one attached hydrogen (secondary N) is 2. The van der Waals surface area contributed by atoms with E-state index in [1.807, 2.05) is 6.92 Å². The molecular weight excluding hydrogens is 394 g/mol. The summed E-state index contributed by atoms with van der Waals surface area (Å²) in [5.74, 6) is 1.21. The van der Waals surface area contributed by atoms with Crippen LogP contribution >= 0.6 is 0 Å². The molecule has 8 nitrogen and oxygen atoms in total. The van der Waals surface area contributed by atoms with E-state index in [-0.39, 0.29) is 22.9 Å². The van der Waals surface area contributed by atoms with Crippen LogP contribution in [0.15, 0.2) is 30.7 Å². The summed E-state index contributed by atoms with van der Waals surface area (Å²) in [7, 11) is 1.57. The molecule has 0 radical (unpaired) electrons. The zero-order chi connectivity index (χ0) is 21.6. The van der Waals surface area contributed by atoms with E-state index in [9.17, 15) is 9.59 Å². The molecule has 4 aliphatic carbocycles. The van der Waals surface area contributed by atoms with E-state index in [1.54, 1.807) is 31.6 Å². The third-order valence-electron chi connectivity index (χ3n) is 7.01. The SMILES string of the molecule is COc1ccnc(C(=O)NC23CC4CC(C2)CC(NC(=O)c2cncc(C)n2)(C4)C3)c1. The highest BCUT2D eigenvalue weighted by molar-refractivity contribution is 5.94. The van der Waals surface area contributed by atoms with Gasteiger partial charge in [0.25, 0.3) is 11.8 Å². The van der Waals surface area contributed by atoms with E-state index in [2.05, 4.69) is 25.6 Å². The van der Waals surface area contributed by atoms with E-state index in [0.717, 1.165) is 38.5 Å². The van der Waals surface area contributed by atoms with Gasteiger partial charge in [-0.2, -0.15) is 0 Å². The Morgan fingerprint density at radius 1 is 1.03 bits per heavy atom. The molecule has 0 spiro atoms. The molecule has 31 heavy (non-hydrogen) atoms. The molecule has 2 heterocycles. The van der Waals surface area contributed by atoms with Crippen molar-refractivity contribution in [3.63, 3.8) is 0 Å². The highest BCUT2D eigenvalue weighted by Gasteiger charge is 2.58. The summed E-state index contributed by atoms with van der Waals surface area (Å²) in [6.07, 6.45) is 10.4. The minimum Gasteiger partial charge on any atom is -0.497 e. The van der Waals surface area contributed by atoms with Crippen molar-refractivity contribution in [1.29, 1.82) is 0 Å². The van der Waals surface area contributed by atoms with Gasteiger partial charge in [0, 0.05) is 29.5 Å². The summed E-state index contributed by atoms with van der Waals surface area (Å²) >= 11 is 0. The van der Waals surface area contributed by atoms with Crippen LogP contribution in [-0.2, 0) is 0 Å². The van der Waals surface area contributed by atoms with E-state index in [4.69, 9.17) is 4.74 Å². The number of amides is 2. The number of aromatic nitrogens is 3. The quantitative estimate of drug-likeness (QED) is 0.768. The normalized spacial score (nSPS) is 30.6. The molecule has 0 aromatic carbocycles. The van der Waals surface area contributed by atoms with Crippen LogP contribution in [0.1, 0.15) is 65.2 Å². The Bertz CT molecular complexity index is 1030. The van der Waals surface area contributed by atoms with E-state index in [0.29, 0.717) is 34.7 Å². The minimum atomic E-state index is -0.322. The Labute approximate surface area is 181 Å². The van der Waals surface area contributed by atoms with Gasteiger partial charge in [0.05, 0.1) is 19.0 Å². The molecule has 6 rings (SSSR count). The standard InChI is InChI=1S/C23H27N5O3/c1-14-11-24-12-19(26-14)21(30)28-23-9-15-5-16(10-23)8-22(7-15,13-23)27-20(29)18-6-17(31-2)3-4-25-18/h3-4,6,11-12,15-16H,5,7-10,13H2,1-2H3,(H,27,29)(H,28,30). The van der Waals surface area contributed by atoms with Gasteiger partial charge in [-0.25, -0.2) is 4.98 Å². The number of rotatable bonds is 5. The number of carbonyl (C=O) groups is 2. The average molecular weight is 422 g/mol. The highest BCUT2D eigenvalue weighted by atomic mass is 16.5. The molecule has 2 unspecified atom stereocenters. The Morgan fingerprint density at radius 3 is 2.29 bits per heavy atom. The van der Waals surface area contributed by atoms with Gasteiger partial charge >= 0.3 is 0 Å². The second-order valence-electron chi connectivity index (χ2n) is 9.56. The van der Waals surface area contributed by atoms with Crippen LogP contribution in [-0.4, -0.2) is 45.0 Å². The first-order valence-corrected chi connectivity index (χ1v) is 10.8. The van der Waals surface area contributed by atoms with Gasteiger partial charge in [0.1, 0.15) is 17.1 Å². The summed E-state index contributed by atoms with van der Waals surface area (Å²) in [6.45, 7) is 1.83. The molecule has 162 valence electrons. The molecule has 4 saturated carbocycles. The molecule has 0 saturated heterocycles. The number of pyridine rings is 1. The fourth-order valence-electron chi connectivity index (χ4n) is 6.40. The Morgan fingerprint density at radius 2 is 1.68 bits per heavy atom. The number of hydrogen-bond donors (Lipinski definition) is 2. The van der Waals surface area contributed by atoms with Gasteiger partial charge in [-0.1, -0.05) is 0 Å². The Kier molecular flexibility index (Phi) is 4.68. The lowest BCUT2D eigenvalue weighted by Gasteiger charge is -2.62. The number of carbonyl (C=O) groups excluding carboxylic acids is 2. The second kappa shape index (κ2) is 7.28. The van der Waals surface area contributed by atoms with Crippen LogP contribution in [0, 0.1) is 18.8 Å². The van der Waals surface area contributed by atoms with Gasteiger partial charge in [-0.3, -0.25) is 19.6 Å². The summed E-state index contributed by atoms with van der Waals surface area (Å²) in [5, 5.41) is 6.60. The number of ether oxygens (including phenoxy) is 1. The van der Waals surface area contributed by atoms with Crippen molar-refractivity contribution in [2.75, 3.05) is 7.11 Å². The summed E-state index contributed by atoms with van der Waals surface area (Å²) in [6, 6.07) is 3.38. The zero-order valence-corrected chi connectivity index (χ0v) is 17.9. The minimum absolute atomic E-state index is 0.186. The maximum Gasteiger partial charge on any atom is 0.271 e. The maximum atomic E-state index is 13.0. The topological polar surface area (TPSA) is 106 Å². The van der Waals surface area contributed by atoms with Gasteiger partial charge in [0.2, 0.25) is 0 Å². The summed E-state index contributed by atoms with van der Waals surface area (Å²) in [4.78, 5) is 38.7. The summed E-state index contributed by atoms with van der Waals surface area (Å²) < 4.78 is 5.23. The molecule has 2 amide bonds. The van der Waals surface area contributed by atoms with E-state index >= 15 is 0 Å². The number of aryl methyl sites for hydroxylation is 1. The number of hydrogen-bond acceptors (Lipinski definition) is 6. The highest BCUT2D eigenvalue weighted by Crippen LogP contribution is 2.57. The lowest BCUT2D eigenvalue weighted by Crippen LogP contribution is -2.70. The van der Waals surface area contributed by atoms with Gasteiger partial charge in [-0.05, 0) is 63.4 Å². The van der Waals surface area contributed by atoms with Crippen molar-refractivity contribution >= 4 is 11.8 Å². The van der Waals surface area contributed by atoms with Crippen LogP contribution in [0.4, 0.5) is 0 Å². The predicted octanol–water partition coefficient (Wildman–Crippen LogP) is 2.44. The molecule has 2 atom stereocenters. The molecule has 2 aromatic heterocycles. The number of methoxy groups -OCH3 is 1.